The van der Waals surface area contributed by atoms with Gasteiger partial charge >= 0.3 is 0 Å². The van der Waals surface area contributed by atoms with Crippen molar-refractivity contribution < 1.29 is 9.90 Å². The van der Waals surface area contributed by atoms with E-state index in [1.807, 2.05) is 6.92 Å². The number of aliphatic hydroxyl groups is 1. The van der Waals surface area contributed by atoms with Gasteiger partial charge in [-0.05, 0) is 93.8 Å². The Labute approximate surface area is 147 Å². The van der Waals surface area contributed by atoms with Crippen LogP contribution in [0.15, 0.2) is 11.6 Å². The summed E-state index contributed by atoms with van der Waals surface area (Å²) < 4.78 is 0. The van der Waals surface area contributed by atoms with Crippen LogP contribution in [0.2, 0.25) is 0 Å². The number of Topliss-reactive ketones (excluding diaryl/α,β-unsaturated/α-hetero) is 1. The van der Waals surface area contributed by atoms with Crippen LogP contribution in [0.4, 0.5) is 0 Å². The Bertz CT molecular complexity index is 589. The molecule has 1 N–H and O–H groups in total. The van der Waals surface area contributed by atoms with Crippen LogP contribution in [-0.2, 0) is 4.79 Å². The maximum Gasteiger partial charge on any atom is 0.133 e. The van der Waals surface area contributed by atoms with E-state index in [9.17, 15) is 9.90 Å². The van der Waals surface area contributed by atoms with E-state index in [2.05, 4.69) is 19.9 Å². The topological polar surface area (TPSA) is 37.3 Å². The molecule has 0 aromatic carbocycles. The van der Waals surface area contributed by atoms with Gasteiger partial charge in [0.15, 0.2) is 0 Å². The fourth-order valence-electron chi connectivity index (χ4n) is 7.37. The van der Waals surface area contributed by atoms with E-state index in [0.717, 1.165) is 32.1 Å². The zero-order chi connectivity index (χ0) is 17.3. The third-order valence-corrected chi connectivity index (χ3v) is 8.80. The summed E-state index contributed by atoms with van der Waals surface area (Å²) in [6.07, 6.45) is 11.5. The van der Waals surface area contributed by atoms with Crippen molar-refractivity contribution in [3.05, 3.63) is 11.6 Å². The number of carbonyl (C=O) groups is 1. The average molecular weight is 331 g/mol. The quantitative estimate of drug-likeness (QED) is 0.694. The molecule has 0 amide bonds. The number of rotatable bonds is 1. The van der Waals surface area contributed by atoms with Gasteiger partial charge in [-0.2, -0.15) is 0 Å². The van der Waals surface area contributed by atoms with Gasteiger partial charge in [0.05, 0.1) is 5.60 Å². The van der Waals surface area contributed by atoms with Crippen molar-refractivity contribution >= 4 is 5.78 Å². The highest BCUT2D eigenvalue weighted by molar-refractivity contribution is 5.79. The molecule has 0 unspecified atom stereocenters. The first-order valence-corrected chi connectivity index (χ1v) is 10.1. The zero-order valence-electron chi connectivity index (χ0n) is 15.9. The predicted molar refractivity (Wildman–Crippen MR) is 96.5 cm³/mol. The lowest BCUT2D eigenvalue weighted by Gasteiger charge is -2.58. The van der Waals surface area contributed by atoms with E-state index >= 15 is 0 Å². The lowest BCUT2D eigenvalue weighted by molar-refractivity contribution is -0.125. The molecule has 2 heteroatoms. The molecule has 0 aromatic heterocycles. The average Bonchev–Trinajstić information content (AvgIpc) is 2.85. The van der Waals surface area contributed by atoms with E-state index in [0.29, 0.717) is 29.0 Å². The molecule has 2 nitrogen and oxygen atoms in total. The monoisotopic (exact) mass is 330 g/mol. The number of hydrogen-bond acceptors (Lipinski definition) is 2. The fraction of sp³-hybridized carbons (Fsp3) is 0.864. The summed E-state index contributed by atoms with van der Waals surface area (Å²) in [5.41, 5.74) is 1.73. The van der Waals surface area contributed by atoms with Crippen molar-refractivity contribution in [2.24, 2.45) is 34.5 Å². The van der Waals surface area contributed by atoms with Gasteiger partial charge in [0.2, 0.25) is 0 Å². The first-order chi connectivity index (χ1) is 11.2. The first-order valence-electron chi connectivity index (χ1n) is 10.1. The molecule has 4 aliphatic rings. The maximum atomic E-state index is 12.2. The Morgan fingerprint density at radius 3 is 2.58 bits per heavy atom. The van der Waals surface area contributed by atoms with Crippen LogP contribution in [0.3, 0.4) is 0 Å². The molecule has 24 heavy (non-hydrogen) atoms. The minimum atomic E-state index is -0.464. The lowest BCUT2D eigenvalue weighted by Crippen LogP contribution is -2.51. The van der Waals surface area contributed by atoms with E-state index in [4.69, 9.17) is 0 Å². The normalized spacial score (nSPS) is 53.6. The van der Waals surface area contributed by atoms with Gasteiger partial charge < -0.3 is 5.11 Å². The van der Waals surface area contributed by atoms with Gasteiger partial charge in [-0.25, -0.2) is 0 Å². The van der Waals surface area contributed by atoms with Crippen LogP contribution < -0.4 is 0 Å². The molecule has 0 saturated heterocycles. The van der Waals surface area contributed by atoms with Crippen LogP contribution in [0.25, 0.3) is 0 Å². The van der Waals surface area contributed by atoms with Crippen molar-refractivity contribution in [2.75, 3.05) is 0 Å². The standard InChI is InChI=1S/C22H34O2/c1-14(23)17-7-8-18-16-6-5-15-13-20(2,24)11-12-21(15,3)19(16)9-10-22(17,18)4/h9,15-18,24H,5-8,10-13H2,1-4H3/t15-,16-,17+,18-,20+,21-,22+/m0/s1. The third-order valence-electron chi connectivity index (χ3n) is 8.80. The van der Waals surface area contributed by atoms with Gasteiger partial charge in [-0.3, -0.25) is 4.79 Å². The molecule has 0 heterocycles. The largest absolute Gasteiger partial charge is 0.390 e. The third kappa shape index (κ3) is 2.21. The summed E-state index contributed by atoms with van der Waals surface area (Å²) >= 11 is 0. The minimum Gasteiger partial charge on any atom is -0.390 e. The molecule has 4 aliphatic carbocycles. The second-order valence-electron chi connectivity index (χ2n) is 10.2. The Morgan fingerprint density at radius 2 is 1.88 bits per heavy atom. The van der Waals surface area contributed by atoms with E-state index < -0.39 is 5.60 Å². The molecule has 7 atom stereocenters. The SMILES string of the molecule is CC(=O)[C@H]1CC[C@H]2[C@@H]3CC[C@H]4C[C@](C)(O)CC[C@]4(C)C3=CC[C@]12C. The van der Waals surface area contributed by atoms with Crippen LogP contribution in [0.5, 0.6) is 0 Å². The van der Waals surface area contributed by atoms with Crippen molar-refractivity contribution in [2.45, 2.75) is 84.7 Å². The smallest absolute Gasteiger partial charge is 0.133 e. The van der Waals surface area contributed by atoms with E-state index in [-0.39, 0.29) is 11.3 Å². The van der Waals surface area contributed by atoms with Crippen molar-refractivity contribution in [3.63, 3.8) is 0 Å². The lowest BCUT2D eigenvalue weighted by atomic mass is 9.47. The first kappa shape index (κ1) is 16.8. The molecule has 0 spiro atoms. The number of carbonyl (C=O) groups excluding carboxylic acids is 1. The molecule has 3 fully saturated rings. The maximum absolute atomic E-state index is 12.2. The number of hydrogen-bond donors (Lipinski definition) is 1. The van der Waals surface area contributed by atoms with Gasteiger partial charge in [-0.1, -0.05) is 25.5 Å². The van der Waals surface area contributed by atoms with Crippen LogP contribution in [-0.4, -0.2) is 16.5 Å². The summed E-state index contributed by atoms with van der Waals surface area (Å²) in [5, 5.41) is 10.6. The second-order valence-corrected chi connectivity index (χ2v) is 10.2. The van der Waals surface area contributed by atoms with Gasteiger partial charge in [0, 0.05) is 5.92 Å². The summed E-state index contributed by atoms with van der Waals surface area (Å²) in [6.45, 7) is 8.70. The number of ketones is 1. The molecule has 3 saturated carbocycles. The Balaban J connectivity index is 1.68. The van der Waals surface area contributed by atoms with Crippen molar-refractivity contribution in [1.82, 2.24) is 0 Å². The zero-order valence-corrected chi connectivity index (χ0v) is 15.9. The minimum absolute atomic E-state index is 0.198. The molecule has 4 rings (SSSR count). The number of allylic oxidation sites excluding steroid dienone is 2. The highest BCUT2D eigenvalue weighted by Gasteiger charge is 2.58. The molecular weight excluding hydrogens is 296 g/mol. The van der Waals surface area contributed by atoms with E-state index in [1.54, 1.807) is 12.5 Å². The van der Waals surface area contributed by atoms with Gasteiger partial charge in [-0.15, -0.1) is 0 Å². The van der Waals surface area contributed by atoms with Crippen LogP contribution in [0, 0.1) is 34.5 Å². The second kappa shape index (κ2) is 5.19. The molecular formula is C22H34O2. The van der Waals surface area contributed by atoms with Crippen molar-refractivity contribution in [3.8, 4) is 0 Å². The predicted octanol–water partition coefficient (Wildman–Crippen LogP) is 4.91. The summed E-state index contributed by atoms with van der Waals surface area (Å²) in [4.78, 5) is 12.2. The fourth-order valence-corrected chi connectivity index (χ4v) is 7.37. The van der Waals surface area contributed by atoms with Crippen LogP contribution >= 0.6 is 0 Å². The highest BCUT2D eigenvalue weighted by Crippen LogP contribution is 2.66. The highest BCUT2D eigenvalue weighted by atomic mass is 16.3. The van der Waals surface area contributed by atoms with Gasteiger partial charge in [0.1, 0.15) is 5.78 Å². The van der Waals surface area contributed by atoms with Crippen LogP contribution in [0.1, 0.15) is 79.1 Å². The molecule has 0 bridgehead atoms. The van der Waals surface area contributed by atoms with E-state index in [1.165, 1.54) is 19.3 Å². The summed E-state index contributed by atoms with van der Waals surface area (Å²) in [6, 6.07) is 0. The molecule has 0 aromatic rings. The van der Waals surface area contributed by atoms with Crippen molar-refractivity contribution in [1.29, 1.82) is 0 Å². The Morgan fingerprint density at radius 1 is 1.12 bits per heavy atom. The molecule has 134 valence electrons. The Hall–Kier alpha value is -0.630. The molecule has 0 radical (unpaired) electrons. The Kier molecular flexibility index (Phi) is 3.64. The van der Waals surface area contributed by atoms with Gasteiger partial charge in [0.25, 0.3) is 0 Å². The number of fused-ring (bicyclic) bond motifs is 5. The summed E-state index contributed by atoms with van der Waals surface area (Å²) in [7, 11) is 0. The molecule has 0 aliphatic heterocycles. The summed E-state index contributed by atoms with van der Waals surface area (Å²) in [5.74, 6) is 2.71.